The Labute approximate surface area is 107 Å². The van der Waals surface area contributed by atoms with Gasteiger partial charge in [-0.3, -0.25) is 0 Å². The van der Waals surface area contributed by atoms with Crippen molar-refractivity contribution in [1.82, 2.24) is 5.16 Å². The van der Waals surface area contributed by atoms with Crippen LogP contribution in [0.4, 0.5) is 0 Å². The van der Waals surface area contributed by atoms with Gasteiger partial charge in [-0.1, -0.05) is 41.0 Å². The first-order chi connectivity index (χ1) is 8.34. The quantitative estimate of drug-likeness (QED) is 0.667. The molecule has 0 spiro atoms. The molecule has 84 valence electrons. The summed E-state index contributed by atoms with van der Waals surface area (Å²) < 4.78 is 5.32. The summed E-state index contributed by atoms with van der Waals surface area (Å²) in [6.45, 7) is 0. The van der Waals surface area contributed by atoms with E-state index in [1.807, 2.05) is 47.8 Å². The van der Waals surface area contributed by atoms with E-state index in [1.165, 1.54) is 0 Å². The van der Waals surface area contributed by atoms with Gasteiger partial charge in [0.05, 0.1) is 9.90 Å². The fourth-order valence-corrected chi connectivity index (χ4v) is 2.51. The van der Waals surface area contributed by atoms with Gasteiger partial charge in [-0.25, -0.2) is 0 Å². The summed E-state index contributed by atoms with van der Waals surface area (Å²) in [4.78, 5) is 1.07. The molecule has 3 rings (SSSR count). The smallest absolute Gasteiger partial charge is 0.177 e. The average molecular weight is 262 g/mol. The average Bonchev–Trinajstić information content (AvgIpc) is 3.00. The number of halogens is 1. The van der Waals surface area contributed by atoms with E-state index < -0.39 is 0 Å². The van der Waals surface area contributed by atoms with Gasteiger partial charge in [-0.05, 0) is 17.5 Å². The number of benzene rings is 1. The Morgan fingerprint density at radius 3 is 2.76 bits per heavy atom. The SMILES string of the molecule is Clc1ccccc1-c1cc(-c2cccs2)on1. The molecule has 2 aromatic heterocycles. The van der Waals surface area contributed by atoms with Crippen molar-refractivity contribution in [3.8, 4) is 21.9 Å². The zero-order valence-corrected chi connectivity index (χ0v) is 10.3. The van der Waals surface area contributed by atoms with Gasteiger partial charge < -0.3 is 4.52 Å². The summed E-state index contributed by atoms with van der Waals surface area (Å²) in [6.07, 6.45) is 0. The van der Waals surface area contributed by atoms with Crippen LogP contribution in [-0.2, 0) is 0 Å². The topological polar surface area (TPSA) is 26.0 Å². The summed E-state index contributed by atoms with van der Waals surface area (Å²) in [7, 11) is 0. The lowest BCUT2D eigenvalue weighted by Crippen LogP contribution is -1.77. The maximum Gasteiger partial charge on any atom is 0.177 e. The molecule has 0 amide bonds. The number of rotatable bonds is 2. The van der Waals surface area contributed by atoms with Crippen LogP contribution in [0.5, 0.6) is 0 Å². The second-order valence-electron chi connectivity index (χ2n) is 3.53. The second-order valence-corrected chi connectivity index (χ2v) is 4.89. The summed E-state index contributed by atoms with van der Waals surface area (Å²) in [6, 6.07) is 13.5. The Bertz CT molecular complexity index is 630. The zero-order chi connectivity index (χ0) is 11.7. The third kappa shape index (κ3) is 1.99. The molecule has 0 atom stereocenters. The van der Waals surface area contributed by atoms with Gasteiger partial charge in [-0.15, -0.1) is 11.3 Å². The Morgan fingerprint density at radius 2 is 2.00 bits per heavy atom. The van der Waals surface area contributed by atoms with Gasteiger partial charge in [0, 0.05) is 11.6 Å². The van der Waals surface area contributed by atoms with Crippen LogP contribution in [0.25, 0.3) is 21.9 Å². The van der Waals surface area contributed by atoms with E-state index in [-0.39, 0.29) is 0 Å². The van der Waals surface area contributed by atoms with Crippen LogP contribution in [-0.4, -0.2) is 5.16 Å². The number of thiophene rings is 1. The lowest BCUT2D eigenvalue weighted by atomic mass is 10.1. The maximum atomic E-state index is 6.11. The molecule has 1 aromatic carbocycles. The van der Waals surface area contributed by atoms with Crippen LogP contribution >= 0.6 is 22.9 Å². The maximum absolute atomic E-state index is 6.11. The number of hydrogen-bond donors (Lipinski definition) is 0. The highest BCUT2D eigenvalue weighted by Gasteiger charge is 2.11. The molecule has 0 N–H and O–H groups in total. The Balaban J connectivity index is 2.04. The predicted molar refractivity (Wildman–Crippen MR) is 70.3 cm³/mol. The molecule has 0 fully saturated rings. The molecule has 0 radical (unpaired) electrons. The van der Waals surface area contributed by atoms with E-state index in [0.717, 1.165) is 21.9 Å². The van der Waals surface area contributed by atoms with Gasteiger partial charge in [0.25, 0.3) is 0 Å². The van der Waals surface area contributed by atoms with Gasteiger partial charge >= 0.3 is 0 Å². The van der Waals surface area contributed by atoms with Crippen molar-refractivity contribution in [2.24, 2.45) is 0 Å². The van der Waals surface area contributed by atoms with E-state index in [2.05, 4.69) is 5.16 Å². The van der Waals surface area contributed by atoms with E-state index in [4.69, 9.17) is 16.1 Å². The molecule has 0 saturated heterocycles. The number of hydrogen-bond acceptors (Lipinski definition) is 3. The fraction of sp³-hybridized carbons (Fsp3) is 0. The second kappa shape index (κ2) is 4.35. The summed E-state index contributed by atoms with van der Waals surface area (Å²) in [5.74, 6) is 0.773. The highest BCUT2D eigenvalue weighted by Crippen LogP contribution is 2.31. The Kier molecular flexibility index (Phi) is 2.71. The molecule has 4 heteroatoms. The minimum Gasteiger partial charge on any atom is -0.355 e. The van der Waals surface area contributed by atoms with Gasteiger partial charge in [0.2, 0.25) is 0 Å². The van der Waals surface area contributed by atoms with Crippen LogP contribution in [0.1, 0.15) is 0 Å². The fourth-order valence-electron chi connectivity index (χ4n) is 1.61. The van der Waals surface area contributed by atoms with E-state index in [0.29, 0.717) is 5.02 Å². The standard InChI is InChI=1S/C13H8ClNOS/c14-10-5-2-1-4-9(10)11-8-12(16-15-11)13-6-3-7-17-13/h1-8H. The largest absolute Gasteiger partial charge is 0.355 e. The lowest BCUT2D eigenvalue weighted by molar-refractivity contribution is 0.436. The predicted octanol–water partition coefficient (Wildman–Crippen LogP) is 4.72. The van der Waals surface area contributed by atoms with Crippen molar-refractivity contribution >= 4 is 22.9 Å². The molecule has 0 aliphatic heterocycles. The molecule has 0 aliphatic rings. The monoisotopic (exact) mass is 261 g/mol. The first kappa shape index (κ1) is 10.6. The first-order valence-corrected chi connectivity index (χ1v) is 6.36. The van der Waals surface area contributed by atoms with Crippen LogP contribution in [0.15, 0.2) is 52.4 Å². The minimum atomic E-state index is 0.679. The molecular weight excluding hydrogens is 254 g/mol. The zero-order valence-electron chi connectivity index (χ0n) is 8.76. The van der Waals surface area contributed by atoms with Crippen molar-refractivity contribution < 1.29 is 4.52 Å². The highest BCUT2D eigenvalue weighted by molar-refractivity contribution is 7.13. The Hall–Kier alpha value is -1.58. The van der Waals surface area contributed by atoms with Gasteiger partial charge in [0.1, 0.15) is 5.69 Å². The van der Waals surface area contributed by atoms with Crippen LogP contribution < -0.4 is 0 Å². The van der Waals surface area contributed by atoms with Crippen molar-refractivity contribution in [3.05, 3.63) is 52.9 Å². The summed E-state index contributed by atoms with van der Waals surface area (Å²) in [5, 5.41) is 6.74. The minimum absolute atomic E-state index is 0.679. The third-order valence-electron chi connectivity index (χ3n) is 2.42. The van der Waals surface area contributed by atoms with E-state index >= 15 is 0 Å². The molecule has 2 nitrogen and oxygen atoms in total. The molecule has 2 heterocycles. The molecule has 0 unspecified atom stereocenters. The van der Waals surface area contributed by atoms with E-state index in [1.54, 1.807) is 11.3 Å². The lowest BCUT2D eigenvalue weighted by Gasteiger charge is -1.96. The highest BCUT2D eigenvalue weighted by atomic mass is 35.5. The normalized spacial score (nSPS) is 10.6. The van der Waals surface area contributed by atoms with Crippen molar-refractivity contribution in [2.75, 3.05) is 0 Å². The Morgan fingerprint density at radius 1 is 1.12 bits per heavy atom. The third-order valence-corrected chi connectivity index (χ3v) is 3.64. The molecule has 0 bridgehead atoms. The summed E-state index contributed by atoms with van der Waals surface area (Å²) in [5.41, 5.74) is 1.65. The molecular formula is C13H8ClNOS. The van der Waals surface area contributed by atoms with Gasteiger partial charge in [-0.2, -0.15) is 0 Å². The first-order valence-electron chi connectivity index (χ1n) is 5.10. The van der Waals surface area contributed by atoms with Crippen LogP contribution in [0, 0.1) is 0 Å². The number of aromatic nitrogens is 1. The van der Waals surface area contributed by atoms with Gasteiger partial charge in [0.15, 0.2) is 5.76 Å². The van der Waals surface area contributed by atoms with Crippen molar-refractivity contribution in [3.63, 3.8) is 0 Å². The summed E-state index contributed by atoms with van der Waals surface area (Å²) >= 11 is 7.74. The molecule has 17 heavy (non-hydrogen) atoms. The molecule has 0 saturated carbocycles. The van der Waals surface area contributed by atoms with Crippen LogP contribution in [0.3, 0.4) is 0 Å². The number of nitrogens with zero attached hydrogens (tertiary/aromatic N) is 1. The van der Waals surface area contributed by atoms with E-state index in [9.17, 15) is 0 Å². The van der Waals surface area contributed by atoms with Crippen molar-refractivity contribution in [1.29, 1.82) is 0 Å². The van der Waals surface area contributed by atoms with Crippen LogP contribution in [0.2, 0.25) is 5.02 Å². The molecule has 3 aromatic rings. The molecule has 0 aliphatic carbocycles. The van der Waals surface area contributed by atoms with Crippen molar-refractivity contribution in [2.45, 2.75) is 0 Å².